The van der Waals surface area contributed by atoms with E-state index in [-0.39, 0.29) is 18.6 Å². The van der Waals surface area contributed by atoms with E-state index < -0.39 is 0 Å². The predicted octanol–water partition coefficient (Wildman–Crippen LogP) is 3.72. The van der Waals surface area contributed by atoms with E-state index in [1.807, 2.05) is 30.3 Å². The van der Waals surface area contributed by atoms with Gasteiger partial charge in [-0.1, -0.05) is 54.4 Å². The number of benzene rings is 2. The number of hydrogen-bond donors (Lipinski definition) is 1. The minimum Gasteiger partial charge on any atom is -0.484 e. The third kappa shape index (κ3) is 5.33. The Balaban J connectivity index is 1.58. The van der Waals surface area contributed by atoms with Crippen LogP contribution >= 0.6 is 0 Å². The summed E-state index contributed by atoms with van der Waals surface area (Å²) in [5, 5.41) is 3.06. The van der Waals surface area contributed by atoms with Crippen molar-refractivity contribution in [3.05, 3.63) is 65.7 Å². The predicted molar refractivity (Wildman–Crippen MR) is 104 cm³/mol. The molecule has 4 nitrogen and oxygen atoms in total. The van der Waals surface area contributed by atoms with Gasteiger partial charge in [-0.3, -0.25) is 9.69 Å². The first kappa shape index (κ1) is 18.5. The summed E-state index contributed by atoms with van der Waals surface area (Å²) in [6, 6.07) is 18.3. The first-order chi connectivity index (χ1) is 12.7. The van der Waals surface area contributed by atoms with Crippen LogP contribution in [0.25, 0.3) is 0 Å². The Bertz CT molecular complexity index is 679. The Morgan fingerprint density at radius 2 is 1.73 bits per heavy atom. The van der Waals surface area contributed by atoms with E-state index in [1.54, 1.807) is 0 Å². The van der Waals surface area contributed by atoms with Crippen molar-refractivity contribution in [2.75, 3.05) is 26.2 Å². The van der Waals surface area contributed by atoms with E-state index in [2.05, 4.69) is 41.4 Å². The molecule has 0 aromatic heterocycles. The average Bonchev–Trinajstić information content (AvgIpc) is 2.69. The van der Waals surface area contributed by atoms with Gasteiger partial charge in [-0.15, -0.1) is 0 Å². The van der Waals surface area contributed by atoms with Gasteiger partial charge in [-0.05, 0) is 50.6 Å². The third-order valence-electron chi connectivity index (χ3n) is 4.90. The fourth-order valence-corrected chi connectivity index (χ4v) is 3.40. The number of para-hydroxylation sites is 1. The molecule has 1 aliphatic rings. The van der Waals surface area contributed by atoms with E-state index in [0.29, 0.717) is 12.3 Å². The topological polar surface area (TPSA) is 41.6 Å². The number of hydrogen-bond acceptors (Lipinski definition) is 3. The first-order valence-electron chi connectivity index (χ1n) is 9.47. The maximum atomic E-state index is 12.2. The monoisotopic (exact) mass is 352 g/mol. The van der Waals surface area contributed by atoms with Gasteiger partial charge in [-0.2, -0.15) is 0 Å². The van der Waals surface area contributed by atoms with Crippen LogP contribution in [0.3, 0.4) is 0 Å². The Hall–Kier alpha value is -2.33. The van der Waals surface area contributed by atoms with E-state index in [9.17, 15) is 4.79 Å². The lowest BCUT2D eigenvalue weighted by Gasteiger charge is -2.35. The SMILES string of the molecule is Cc1ccc([C@H](CNC(=O)COc2ccccc2)N2CCCCC2)cc1. The van der Waals surface area contributed by atoms with Gasteiger partial charge in [0.2, 0.25) is 0 Å². The van der Waals surface area contributed by atoms with Crippen LogP contribution in [0.15, 0.2) is 54.6 Å². The molecule has 0 radical (unpaired) electrons. The largest absolute Gasteiger partial charge is 0.484 e. The highest BCUT2D eigenvalue weighted by atomic mass is 16.5. The zero-order valence-corrected chi connectivity index (χ0v) is 15.5. The van der Waals surface area contributed by atoms with E-state index >= 15 is 0 Å². The number of rotatable bonds is 7. The number of nitrogens with one attached hydrogen (secondary N) is 1. The summed E-state index contributed by atoms with van der Waals surface area (Å²) < 4.78 is 5.54. The zero-order valence-electron chi connectivity index (χ0n) is 15.5. The van der Waals surface area contributed by atoms with Crippen molar-refractivity contribution in [2.45, 2.75) is 32.2 Å². The highest BCUT2D eigenvalue weighted by Crippen LogP contribution is 2.24. The molecule has 0 unspecified atom stereocenters. The smallest absolute Gasteiger partial charge is 0.258 e. The number of likely N-dealkylation sites (tertiary alicyclic amines) is 1. The van der Waals surface area contributed by atoms with E-state index in [4.69, 9.17) is 4.74 Å². The second-order valence-electron chi connectivity index (χ2n) is 6.93. The van der Waals surface area contributed by atoms with Crippen LogP contribution in [0.1, 0.15) is 36.4 Å². The van der Waals surface area contributed by atoms with Gasteiger partial charge in [0, 0.05) is 6.54 Å². The highest BCUT2D eigenvalue weighted by molar-refractivity contribution is 5.77. The molecule has 2 aromatic rings. The van der Waals surface area contributed by atoms with Crippen molar-refractivity contribution in [1.29, 1.82) is 0 Å². The maximum Gasteiger partial charge on any atom is 0.258 e. The van der Waals surface area contributed by atoms with Crippen molar-refractivity contribution in [3.63, 3.8) is 0 Å². The molecule has 138 valence electrons. The molecule has 0 aliphatic carbocycles. The molecule has 1 atom stereocenters. The third-order valence-corrected chi connectivity index (χ3v) is 4.90. The quantitative estimate of drug-likeness (QED) is 0.826. The maximum absolute atomic E-state index is 12.2. The molecule has 4 heteroatoms. The summed E-state index contributed by atoms with van der Waals surface area (Å²) in [6.45, 7) is 4.94. The molecule has 26 heavy (non-hydrogen) atoms. The number of piperidine rings is 1. The lowest BCUT2D eigenvalue weighted by Crippen LogP contribution is -2.41. The number of carbonyl (C=O) groups excluding carboxylic acids is 1. The van der Waals surface area contributed by atoms with Gasteiger partial charge < -0.3 is 10.1 Å². The molecule has 2 aromatic carbocycles. The van der Waals surface area contributed by atoms with E-state index in [1.165, 1.54) is 30.4 Å². The van der Waals surface area contributed by atoms with Crippen molar-refractivity contribution in [3.8, 4) is 5.75 Å². The molecule has 1 N–H and O–H groups in total. The molecule has 1 fully saturated rings. The second kappa shape index (κ2) is 9.39. The summed E-state index contributed by atoms with van der Waals surface area (Å²) in [7, 11) is 0. The lowest BCUT2D eigenvalue weighted by molar-refractivity contribution is -0.123. The second-order valence-corrected chi connectivity index (χ2v) is 6.93. The Labute approximate surface area is 156 Å². The molecule has 1 saturated heterocycles. The van der Waals surface area contributed by atoms with Crippen molar-refractivity contribution < 1.29 is 9.53 Å². The van der Waals surface area contributed by atoms with Gasteiger partial charge in [0.05, 0.1) is 6.04 Å². The number of amides is 1. The van der Waals surface area contributed by atoms with Crippen LogP contribution in [-0.4, -0.2) is 37.0 Å². The number of aryl methyl sites for hydroxylation is 1. The van der Waals surface area contributed by atoms with Crippen LogP contribution in [0.2, 0.25) is 0 Å². The first-order valence-corrected chi connectivity index (χ1v) is 9.47. The van der Waals surface area contributed by atoms with Crippen molar-refractivity contribution >= 4 is 5.91 Å². The fourth-order valence-electron chi connectivity index (χ4n) is 3.40. The molecule has 1 heterocycles. The lowest BCUT2D eigenvalue weighted by atomic mass is 10.0. The summed E-state index contributed by atoms with van der Waals surface area (Å²) in [4.78, 5) is 14.7. The molecule has 0 spiro atoms. The number of ether oxygens (including phenoxy) is 1. The van der Waals surface area contributed by atoms with Crippen LogP contribution in [0, 0.1) is 6.92 Å². The van der Waals surface area contributed by atoms with Crippen LogP contribution < -0.4 is 10.1 Å². The standard InChI is InChI=1S/C22H28N2O2/c1-18-10-12-19(13-11-18)21(24-14-6-3-7-15-24)16-23-22(25)17-26-20-8-4-2-5-9-20/h2,4-5,8-13,21H,3,6-7,14-17H2,1H3,(H,23,25)/t21-/m0/s1. The van der Waals surface area contributed by atoms with Crippen molar-refractivity contribution in [1.82, 2.24) is 10.2 Å². The van der Waals surface area contributed by atoms with Crippen LogP contribution in [0.5, 0.6) is 5.75 Å². The van der Waals surface area contributed by atoms with E-state index in [0.717, 1.165) is 13.1 Å². The van der Waals surface area contributed by atoms with Gasteiger partial charge in [0.25, 0.3) is 5.91 Å². The Morgan fingerprint density at radius 1 is 1.04 bits per heavy atom. The van der Waals surface area contributed by atoms with Gasteiger partial charge in [-0.25, -0.2) is 0 Å². The molecule has 1 amide bonds. The van der Waals surface area contributed by atoms with Gasteiger partial charge in [0.1, 0.15) is 5.75 Å². The number of nitrogens with zero attached hydrogens (tertiary/aromatic N) is 1. The molecule has 1 aliphatic heterocycles. The minimum absolute atomic E-state index is 0.0463. The normalized spacial score (nSPS) is 16.0. The van der Waals surface area contributed by atoms with Crippen LogP contribution in [-0.2, 0) is 4.79 Å². The number of carbonyl (C=O) groups is 1. The molecule has 3 rings (SSSR count). The van der Waals surface area contributed by atoms with Gasteiger partial charge >= 0.3 is 0 Å². The fraction of sp³-hybridized carbons (Fsp3) is 0.409. The zero-order chi connectivity index (χ0) is 18.2. The molecular weight excluding hydrogens is 324 g/mol. The summed E-state index contributed by atoms with van der Waals surface area (Å²) in [6.07, 6.45) is 3.76. The highest BCUT2D eigenvalue weighted by Gasteiger charge is 2.22. The summed E-state index contributed by atoms with van der Waals surface area (Å²) in [5.41, 5.74) is 2.52. The average molecular weight is 352 g/mol. The molecular formula is C22H28N2O2. The Kier molecular flexibility index (Phi) is 6.67. The van der Waals surface area contributed by atoms with Gasteiger partial charge in [0.15, 0.2) is 6.61 Å². The molecule has 0 bridgehead atoms. The minimum atomic E-state index is -0.0806. The van der Waals surface area contributed by atoms with Crippen LogP contribution in [0.4, 0.5) is 0 Å². The Morgan fingerprint density at radius 3 is 2.42 bits per heavy atom. The summed E-state index contributed by atoms with van der Waals surface area (Å²) >= 11 is 0. The summed E-state index contributed by atoms with van der Waals surface area (Å²) in [5.74, 6) is 0.636. The van der Waals surface area contributed by atoms with Crippen molar-refractivity contribution in [2.24, 2.45) is 0 Å². The molecule has 0 saturated carbocycles.